The number of nitrogens with one attached hydrogen (secondary N) is 2. The molecule has 4 rings (SSSR count). The minimum atomic E-state index is -1.09. The van der Waals surface area contributed by atoms with Crippen molar-refractivity contribution in [3.05, 3.63) is 78.1 Å². The van der Waals surface area contributed by atoms with Crippen molar-refractivity contribution in [1.82, 2.24) is 10.3 Å². The molecular formula is C23H18FN3O3S. The van der Waals surface area contributed by atoms with Gasteiger partial charge in [0, 0.05) is 11.3 Å². The van der Waals surface area contributed by atoms with E-state index in [1.807, 2.05) is 36.4 Å². The monoisotopic (exact) mass is 435 g/mol. The molecule has 156 valence electrons. The summed E-state index contributed by atoms with van der Waals surface area (Å²) in [7, 11) is 0. The molecule has 0 bridgehead atoms. The zero-order valence-corrected chi connectivity index (χ0v) is 17.2. The number of amides is 1. The molecule has 0 fully saturated rings. The van der Waals surface area contributed by atoms with Gasteiger partial charge in [-0.3, -0.25) is 9.59 Å². The Morgan fingerprint density at radius 2 is 1.65 bits per heavy atom. The highest BCUT2D eigenvalue weighted by Crippen LogP contribution is 2.30. The number of carboxylic acids is 1. The highest BCUT2D eigenvalue weighted by Gasteiger charge is 2.15. The Morgan fingerprint density at radius 1 is 1.00 bits per heavy atom. The molecule has 0 aliphatic carbocycles. The third-order valence-corrected chi connectivity index (χ3v) is 5.62. The summed E-state index contributed by atoms with van der Waals surface area (Å²) in [6.07, 6.45) is 0. The van der Waals surface area contributed by atoms with Crippen molar-refractivity contribution >= 4 is 44.2 Å². The van der Waals surface area contributed by atoms with Gasteiger partial charge < -0.3 is 15.7 Å². The van der Waals surface area contributed by atoms with Gasteiger partial charge in [0.05, 0.1) is 10.2 Å². The normalized spacial score (nSPS) is 11.8. The minimum absolute atomic E-state index is 0.285. The second-order valence-corrected chi connectivity index (χ2v) is 7.97. The fourth-order valence-corrected chi connectivity index (χ4v) is 3.89. The molecule has 0 unspecified atom stereocenters. The third kappa shape index (κ3) is 4.70. The lowest BCUT2D eigenvalue weighted by Gasteiger charge is -2.10. The molecule has 0 saturated carbocycles. The molecule has 4 aromatic rings. The molecule has 31 heavy (non-hydrogen) atoms. The van der Waals surface area contributed by atoms with Gasteiger partial charge in [0.2, 0.25) is 0 Å². The Morgan fingerprint density at radius 3 is 2.29 bits per heavy atom. The average molecular weight is 435 g/mol. The second kappa shape index (κ2) is 8.53. The number of halogens is 1. The predicted octanol–water partition coefficient (Wildman–Crippen LogP) is 5.05. The van der Waals surface area contributed by atoms with E-state index in [1.54, 1.807) is 18.2 Å². The van der Waals surface area contributed by atoms with Gasteiger partial charge in [-0.05, 0) is 60.5 Å². The molecule has 6 nitrogen and oxygen atoms in total. The van der Waals surface area contributed by atoms with Crippen LogP contribution in [0.5, 0.6) is 0 Å². The number of carboxylic acid groups (broad SMARTS) is 1. The standard InChI is InChI=1S/C23H18FN3O3S/c1-13(22(29)30)25-21(28)16-4-2-14(3-5-16)15-6-9-18(10-7-15)26-23-27-19-11-8-17(24)12-20(19)31-23/h2-13H,1H3,(H,25,28)(H,26,27)(H,29,30)/t13-/m0/s1. The zero-order valence-electron chi connectivity index (χ0n) is 16.4. The van der Waals surface area contributed by atoms with Crippen molar-refractivity contribution in [2.45, 2.75) is 13.0 Å². The van der Waals surface area contributed by atoms with Crippen molar-refractivity contribution < 1.29 is 19.1 Å². The number of aromatic nitrogens is 1. The summed E-state index contributed by atoms with van der Waals surface area (Å²) in [6.45, 7) is 1.41. The van der Waals surface area contributed by atoms with E-state index in [1.165, 1.54) is 30.4 Å². The molecule has 0 saturated heterocycles. The lowest BCUT2D eigenvalue weighted by Crippen LogP contribution is -2.38. The van der Waals surface area contributed by atoms with Gasteiger partial charge in [0.1, 0.15) is 11.9 Å². The number of fused-ring (bicyclic) bond motifs is 1. The van der Waals surface area contributed by atoms with E-state index >= 15 is 0 Å². The number of benzene rings is 3. The number of aliphatic carboxylic acids is 1. The van der Waals surface area contributed by atoms with Gasteiger partial charge in [-0.25, -0.2) is 9.37 Å². The van der Waals surface area contributed by atoms with Crippen molar-refractivity contribution in [2.75, 3.05) is 5.32 Å². The fourth-order valence-electron chi connectivity index (χ4n) is 2.98. The van der Waals surface area contributed by atoms with Crippen molar-refractivity contribution in [3.63, 3.8) is 0 Å². The summed E-state index contributed by atoms with van der Waals surface area (Å²) in [6, 6.07) is 18.2. The van der Waals surface area contributed by atoms with Crippen molar-refractivity contribution in [2.24, 2.45) is 0 Å². The molecule has 3 aromatic carbocycles. The number of carbonyl (C=O) groups excluding carboxylic acids is 1. The van der Waals surface area contributed by atoms with E-state index in [-0.39, 0.29) is 5.82 Å². The Balaban J connectivity index is 1.45. The van der Waals surface area contributed by atoms with Gasteiger partial charge in [0.25, 0.3) is 5.91 Å². The first kappa shape index (κ1) is 20.5. The summed E-state index contributed by atoms with van der Waals surface area (Å²) in [5.74, 6) is -1.81. The van der Waals surface area contributed by atoms with E-state index in [0.717, 1.165) is 27.0 Å². The molecule has 0 spiro atoms. The Kier molecular flexibility index (Phi) is 5.64. The third-order valence-electron chi connectivity index (χ3n) is 4.69. The van der Waals surface area contributed by atoms with Crippen molar-refractivity contribution in [3.8, 4) is 11.1 Å². The molecule has 8 heteroatoms. The second-order valence-electron chi connectivity index (χ2n) is 6.94. The number of carbonyl (C=O) groups is 2. The summed E-state index contributed by atoms with van der Waals surface area (Å²) < 4.78 is 14.1. The minimum Gasteiger partial charge on any atom is -0.480 e. The molecule has 0 aliphatic heterocycles. The van der Waals surface area contributed by atoms with E-state index in [4.69, 9.17) is 5.11 Å². The molecule has 3 N–H and O–H groups in total. The van der Waals surface area contributed by atoms with Gasteiger partial charge >= 0.3 is 5.97 Å². The summed E-state index contributed by atoms with van der Waals surface area (Å²) in [5.41, 5.74) is 3.87. The van der Waals surface area contributed by atoms with Crippen LogP contribution in [0.15, 0.2) is 66.7 Å². The summed E-state index contributed by atoms with van der Waals surface area (Å²) in [5, 5.41) is 15.2. The maximum Gasteiger partial charge on any atom is 0.325 e. The molecule has 1 atom stereocenters. The van der Waals surface area contributed by atoms with Crippen LogP contribution in [0.4, 0.5) is 15.2 Å². The molecule has 0 aliphatic rings. The smallest absolute Gasteiger partial charge is 0.325 e. The van der Waals surface area contributed by atoms with Crippen LogP contribution in [0, 0.1) is 5.82 Å². The highest BCUT2D eigenvalue weighted by molar-refractivity contribution is 7.22. The Labute approximate surface area is 181 Å². The number of hydrogen-bond acceptors (Lipinski definition) is 5. The largest absolute Gasteiger partial charge is 0.480 e. The molecule has 1 aromatic heterocycles. The lowest BCUT2D eigenvalue weighted by atomic mass is 10.0. The highest BCUT2D eigenvalue weighted by atomic mass is 32.1. The first-order chi connectivity index (χ1) is 14.9. The van der Waals surface area contributed by atoms with Gasteiger partial charge in [-0.1, -0.05) is 35.6 Å². The van der Waals surface area contributed by atoms with Crippen LogP contribution >= 0.6 is 11.3 Å². The Hall–Kier alpha value is -3.78. The van der Waals surface area contributed by atoms with Crippen LogP contribution in [0.3, 0.4) is 0 Å². The first-order valence-electron chi connectivity index (χ1n) is 9.46. The quantitative estimate of drug-likeness (QED) is 0.394. The molecule has 1 heterocycles. The van der Waals surface area contributed by atoms with E-state index < -0.39 is 17.9 Å². The first-order valence-corrected chi connectivity index (χ1v) is 10.3. The topological polar surface area (TPSA) is 91.3 Å². The predicted molar refractivity (Wildman–Crippen MR) is 119 cm³/mol. The Bertz CT molecular complexity index is 1250. The maximum atomic E-state index is 13.3. The van der Waals surface area contributed by atoms with Crippen LogP contribution < -0.4 is 10.6 Å². The van der Waals surface area contributed by atoms with Crippen LogP contribution in [-0.4, -0.2) is 28.0 Å². The van der Waals surface area contributed by atoms with Crippen LogP contribution in [-0.2, 0) is 4.79 Å². The maximum absolute atomic E-state index is 13.3. The number of nitrogens with zero attached hydrogens (tertiary/aromatic N) is 1. The van der Waals surface area contributed by atoms with Crippen molar-refractivity contribution in [1.29, 1.82) is 0 Å². The number of hydrogen-bond donors (Lipinski definition) is 3. The number of anilines is 2. The van der Waals surface area contributed by atoms with Gasteiger partial charge in [-0.2, -0.15) is 0 Å². The lowest BCUT2D eigenvalue weighted by molar-refractivity contribution is -0.138. The van der Waals surface area contributed by atoms with Gasteiger partial charge in [0.15, 0.2) is 5.13 Å². The average Bonchev–Trinajstić information content (AvgIpc) is 3.15. The van der Waals surface area contributed by atoms with Crippen LogP contribution in [0.1, 0.15) is 17.3 Å². The zero-order chi connectivity index (χ0) is 22.0. The van der Waals surface area contributed by atoms with E-state index in [0.29, 0.717) is 10.7 Å². The van der Waals surface area contributed by atoms with Crippen LogP contribution in [0.25, 0.3) is 21.3 Å². The summed E-state index contributed by atoms with van der Waals surface area (Å²) >= 11 is 1.38. The molecule has 1 amide bonds. The summed E-state index contributed by atoms with van der Waals surface area (Å²) in [4.78, 5) is 27.4. The van der Waals surface area contributed by atoms with Crippen LogP contribution in [0.2, 0.25) is 0 Å². The van der Waals surface area contributed by atoms with E-state index in [2.05, 4.69) is 15.6 Å². The fraction of sp³-hybridized carbons (Fsp3) is 0.0870. The van der Waals surface area contributed by atoms with E-state index in [9.17, 15) is 14.0 Å². The molecule has 0 radical (unpaired) electrons. The molecular weight excluding hydrogens is 417 g/mol. The van der Waals surface area contributed by atoms with Gasteiger partial charge in [-0.15, -0.1) is 0 Å². The number of rotatable bonds is 6. The number of thiazole rings is 1. The SMILES string of the molecule is C[C@H](NC(=O)c1ccc(-c2ccc(Nc3nc4ccc(F)cc4s3)cc2)cc1)C(=O)O.